The zero-order chi connectivity index (χ0) is 38.2. The summed E-state index contributed by atoms with van der Waals surface area (Å²) in [5, 5.41) is 4.83. The third-order valence-electron chi connectivity index (χ3n) is 12.2. The fraction of sp³-hybridized carbons (Fsp3) is 0.0182. The van der Waals surface area contributed by atoms with Crippen molar-refractivity contribution in [2.75, 3.05) is 4.90 Å². The SMILES string of the molecule is c1ccc(C2(c3ccccc3)c3ccccc3-c3c(N(c4ccc(-c5ccc6sc7ccccc7c6c5)cc4)c4ccc5oc6ccccc6c5c4)cccc32)cc1. The summed E-state index contributed by atoms with van der Waals surface area (Å²) in [5.74, 6) is 0. The first-order valence-electron chi connectivity index (χ1n) is 19.8. The van der Waals surface area contributed by atoms with E-state index in [1.54, 1.807) is 0 Å². The van der Waals surface area contributed by atoms with Gasteiger partial charge < -0.3 is 9.32 Å². The van der Waals surface area contributed by atoms with Crippen LogP contribution in [0.25, 0.3) is 64.4 Å². The van der Waals surface area contributed by atoms with Gasteiger partial charge in [0.1, 0.15) is 11.2 Å². The number of thiophene rings is 1. The van der Waals surface area contributed by atoms with Crippen LogP contribution in [0.1, 0.15) is 22.3 Å². The molecule has 0 unspecified atom stereocenters. The van der Waals surface area contributed by atoms with Crippen molar-refractivity contribution in [2.24, 2.45) is 0 Å². The average molecular weight is 758 g/mol. The summed E-state index contributed by atoms with van der Waals surface area (Å²) in [4.78, 5) is 2.45. The van der Waals surface area contributed by atoms with Gasteiger partial charge in [-0.05, 0) is 99.6 Å². The Bertz CT molecular complexity index is 3300. The predicted molar refractivity (Wildman–Crippen MR) is 244 cm³/mol. The van der Waals surface area contributed by atoms with Crippen molar-refractivity contribution in [2.45, 2.75) is 5.41 Å². The quantitative estimate of drug-likeness (QED) is 0.168. The third-order valence-corrected chi connectivity index (χ3v) is 13.3. The van der Waals surface area contributed by atoms with Crippen LogP contribution in [0.3, 0.4) is 0 Å². The molecule has 2 nitrogen and oxygen atoms in total. The van der Waals surface area contributed by atoms with Gasteiger partial charge in [0.05, 0.1) is 11.1 Å². The highest BCUT2D eigenvalue weighted by molar-refractivity contribution is 7.25. The Balaban J connectivity index is 1.09. The highest BCUT2D eigenvalue weighted by atomic mass is 32.1. The largest absolute Gasteiger partial charge is 0.456 e. The van der Waals surface area contributed by atoms with E-state index in [1.807, 2.05) is 17.4 Å². The molecule has 0 atom stereocenters. The standard InChI is InChI=1S/C55H35NOS/c1-3-14-38(15-4-1)55(39-16-5-2-6-17-39)47-21-10-7-20-44(47)54-48(55)22-13-23-49(54)56(41-31-32-51-45(35-41)42-18-8-11-24-50(42)57-51)40-29-26-36(27-30-40)37-28-33-53-46(34-37)43-19-9-12-25-52(43)58-53/h1-35H. The molecule has 12 rings (SSSR count). The first kappa shape index (κ1) is 33.0. The number of rotatable bonds is 6. The molecule has 0 amide bonds. The minimum atomic E-state index is -0.505. The van der Waals surface area contributed by atoms with Crippen molar-refractivity contribution in [3.63, 3.8) is 0 Å². The molecule has 9 aromatic carbocycles. The average Bonchev–Trinajstić information content (AvgIpc) is 3.96. The number of anilines is 3. The van der Waals surface area contributed by atoms with Gasteiger partial charge in [0.25, 0.3) is 0 Å². The molecule has 2 aromatic heterocycles. The summed E-state index contributed by atoms with van der Waals surface area (Å²) in [6.45, 7) is 0. The molecule has 0 bridgehead atoms. The molecule has 0 aliphatic heterocycles. The van der Waals surface area contributed by atoms with Crippen molar-refractivity contribution in [1.29, 1.82) is 0 Å². The summed E-state index contributed by atoms with van der Waals surface area (Å²) in [5.41, 5.74) is 14.5. The Morgan fingerprint density at radius 1 is 0.397 bits per heavy atom. The van der Waals surface area contributed by atoms with Gasteiger partial charge in [-0.1, -0.05) is 152 Å². The Morgan fingerprint density at radius 3 is 1.83 bits per heavy atom. The number of fused-ring (bicyclic) bond motifs is 9. The van der Waals surface area contributed by atoms with Crippen molar-refractivity contribution in [1.82, 2.24) is 0 Å². The molecule has 58 heavy (non-hydrogen) atoms. The molecule has 0 saturated heterocycles. The van der Waals surface area contributed by atoms with Crippen LogP contribution in [-0.4, -0.2) is 0 Å². The molecular formula is C55H35NOS. The van der Waals surface area contributed by atoms with Crippen molar-refractivity contribution in [3.05, 3.63) is 235 Å². The van der Waals surface area contributed by atoms with E-state index >= 15 is 0 Å². The zero-order valence-electron chi connectivity index (χ0n) is 31.5. The van der Waals surface area contributed by atoms with E-state index in [2.05, 4.69) is 211 Å². The van der Waals surface area contributed by atoms with Crippen LogP contribution in [0.15, 0.2) is 217 Å². The highest BCUT2D eigenvalue weighted by Gasteiger charge is 2.47. The van der Waals surface area contributed by atoms with Crippen molar-refractivity contribution in [3.8, 4) is 22.3 Å². The Hall–Kier alpha value is -7.20. The van der Waals surface area contributed by atoms with Gasteiger partial charge in [0.2, 0.25) is 0 Å². The van der Waals surface area contributed by atoms with E-state index in [0.717, 1.165) is 39.0 Å². The Kier molecular flexibility index (Phi) is 7.35. The maximum absolute atomic E-state index is 6.34. The van der Waals surface area contributed by atoms with Gasteiger partial charge in [0, 0.05) is 47.9 Å². The fourth-order valence-electron chi connectivity index (χ4n) is 9.65. The molecule has 0 saturated carbocycles. The first-order valence-corrected chi connectivity index (χ1v) is 20.6. The van der Waals surface area contributed by atoms with E-state index < -0.39 is 5.41 Å². The molecule has 1 aliphatic rings. The topological polar surface area (TPSA) is 16.4 Å². The second-order valence-corrected chi connectivity index (χ2v) is 16.3. The molecule has 1 aliphatic carbocycles. The van der Waals surface area contributed by atoms with E-state index in [4.69, 9.17) is 4.42 Å². The molecule has 11 aromatic rings. The third kappa shape index (κ3) is 4.84. The lowest BCUT2D eigenvalue weighted by molar-refractivity contribution is 0.669. The summed E-state index contributed by atoms with van der Waals surface area (Å²) >= 11 is 1.86. The van der Waals surface area contributed by atoms with Crippen LogP contribution in [0.4, 0.5) is 17.1 Å². The summed E-state index contributed by atoms with van der Waals surface area (Å²) in [6.07, 6.45) is 0. The normalized spacial score (nSPS) is 13.0. The van der Waals surface area contributed by atoms with Gasteiger partial charge in [0.15, 0.2) is 0 Å². The summed E-state index contributed by atoms with van der Waals surface area (Å²) < 4.78 is 8.98. The van der Waals surface area contributed by atoms with Gasteiger partial charge in [-0.15, -0.1) is 11.3 Å². The molecule has 3 heteroatoms. The minimum absolute atomic E-state index is 0.505. The van der Waals surface area contributed by atoms with Gasteiger partial charge >= 0.3 is 0 Å². The second kappa shape index (κ2) is 12.9. The van der Waals surface area contributed by atoms with Crippen LogP contribution in [-0.2, 0) is 5.41 Å². The second-order valence-electron chi connectivity index (χ2n) is 15.2. The molecule has 0 N–H and O–H groups in total. The number of benzene rings is 9. The van der Waals surface area contributed by atoms with Gasteiger partial charge in [-0.25, -0.2) is 0 Å². The molecule has 0 fully saturated rings. The summed E-state index contributed by atoms with van der Waals surface area (Å²) in [6, 6.07) is 77.6. The van der Waals surface area contributed by atoms with Crippen LogP contribution < -0.4 is 4.90 Å². The van der Waals surface area contributed by atoms with E-state index in [1.165, 1.54) is 64.7 Å². The van der Waals surface area contributed by atoms with E-state index in [0.29, 0.717) is 0 Å². The number of hydrogen-bond acceptors (Lipinski definition) is 3. The van der Waals surface area contributed by atoms with E-state index in [9.17, 15) is 0 Å². The predicted octanol–water partition coefficient (Wildman–Crippen LogP) is 15.5. The Labute approximate surface area is 340 Å². The number of nitrogens with zero attached hydrogens (tertiary/aromatic N) is 1. The molecule has 2 heterocycles. The minimum Gasteiger partial charge on any atom is -0.456 e. The van der Waals surface area contributed by atoms with Gasteiger partial charge in [-0.3, -0.25) is 0 Å². The summed E-state index contributed by atoms with van der Waals surface area (Å²) in [7, 11) is 0. The molecule has 272 valence electrons. The lowest BCUT2D eigenvalue weighted by Crippen LogP contribution is -2.28. The smallest absolute Gasteiger partial charge is 0.135 e. The maximum atomic E-state index is 6.34. The van der Waals surface area contributed by atoms with Gasteiger partial charge in [-0.2, -0.15) is 0 Å². The van der Waals surface area contributed by atoms with Crippen LogP contribution >= 0.6 is 11.3 Å². The molecular weight excluding hydrogens is 723 g/mol. The molecule has 0 spiro atoms. The van der Waals surface area contributed by atoms with E-state index in [-0.39, 0.29) is 0 Å². The van der Waals surface area contributed by atoms with Crippen LogP contribution in [0.5, 0.6) is 0 Å². The van der Waals surface area contributed by atoms with Crippen molar-refractivity contribution >= 4 is 70.5 Å². The first-order chi connectivity index (χ1) is 28.8. The lowest BCUT2D eigenvalue weighted by atomic mass is 9.68. The zero-order valence-corrected chi connectivity index (χ0v) is 32.3. The monoisotopic (exact) mass is 757 g/mol. The maximum Gasteiger partial charge on any atom is 0.135 e. The number of hydrogen-bond donors (Lipinski definition) is 0. The number of furan rings is 1. The van der Waals surface area contributed by atoms with Crippen molar-refractivity contribution < 1.29 is 4.42 Å². The molecule has 0 radical (unpaired) electrons. The lowest BCUT2D eigenvalue weighted by Gasteiger charge is -2.34. The Morgan fingerprint density at radius 2 is 1.02 bits per heavy atom. The number of para-hydroxylation sites is 1. The van der Waals surface area contributed by atoms with Crippen LogP contribution in [0.2, 0.25) is 0 Å². The highest BCUT2D eigenvalue weighted by Crippen LogP contribution is 2.59. The fourth-order valence-corrected chi connectivity index (χ4v) is 10.7. The van der Waals surface area contributed by atoms with Crippen LogP contribution in [0, 0.1) is 0 Å².